The highest BCUT2D eigenvalue weighted by atomic mass is 35.5. The molecule has 99 heavy (non-hydrogen) atoms. The number of rotatable bonds is 12. The third-order valence-electron chi connectivity index (χ3n) is 20.3. The Balaban J connectivity index is 0.000000229. The molecule has 10 atom stereocenters. The van der Waals surface area contributed by atoms with Gasteiger partial charge in [0.05, 0.1) is 81.0 Å². The molecule has 12 rings (SSSR count). The number of amides is 4. The number of ether oxygens (including phenoxy) is 3. The number of alkyl halides is 4. The van der Waals surface area contributed by atoms with E-state index in [1.54, 1.807) is 46.8 Å². The van der Waals surface area contributed by atoms with Crippen molar-refractivity contribution in [1.82, 2.24) is 39.2 Å². The lowest BCUT2D eigenvalue weighted by atomic mass is 9.89. The fraction of sp³-hybridized carbons (Fsp3) is 0.662. The van der Waals surface area contributed by atoms with Crippen LogP contribution in [0, 0.1) is 42.4 Å². The molecule has 2 aromatic carbocycles. The molecule has 2 aromatic heterocycles. The number of sulfonamides is 2. The van der Waals surface area contributed by atoms with E-state index in [0.29, 0.717) is 84.8 Å². The smallest absolute Gasteiger partial charge is 0.307 e. The Labute approximate surface area is 586 Å². The van der Waals surface area contributed by atoms with Crippen molar-refractivity contribution < 1.29 is 82.2 Å². The first-order chi connectivity index (χ1) is 45.6. The number of ketones is 2. The van der Waals surface area contributed by atoms with Gasteiger partial charge in [-0.3, -0.25) is 43.0 Å². The summed E-state index contributed by atoms with van der Waals surface area (Å²) in [5.41, 5.74) is 5.79. The Morgan fingerprint density at radius 2 is 0.970 bits per heavy atom. The van der Waals surface area contributed by atoms with Crippen LogP contribution < -0.4 is 24.7 Å². The molecule has 8 fully saturated rings. The summed E-state index contributed by atoms with van der Waals surface area (Å²) in [6.07, 6.45) is -0.644. The number of benzene rings is 2. The largest absolute Gasteiger partial charge is 0.471 e. The van der Waals surface area contributed by atoms with Gasteiger partial charge in [0.1, 0.15) is 29.2 Å². The van der Waals surface area contributed by atoms with Crippen molar-refractivity contribution in [3.8, 4) is 11.8 Å². The van der Waals surface area contributed by atoms with Crippen molar-refractivity contribution in [1.29, 1.82) is 0 Å². The predicted octanol–water partition coefficient (Wildman–Crippen LogP) is 9.22. The number of nitrogens with zero attached hydrogens (tertiary/aromatic N) is 6. The van der Waals surface area contributed by atoms with Crippen LogP contribution in [0.25, 0.3) is 22.1 Å². The lowest BCUT2D eigenvalue weighted by Gasteiger charge is -2.29. The van der Waals surface area contributed by atoms with Crippen molar-refractivity contribution in [3.05, 3.63) is 59.9 Å². The number of aromatic nitrogens is 4. The van der Waals surface area contributed by atoms with E-state index in [9.17, 15) is 50.4 Å². The van der Waals surface area contributed by atoms with Gasteiger partial charge in [0.25, 0.3) is 0 Å². The molecule has 4 aromatic rings. The summed E-state index contributed by atoms with van der Waals surface area (Å²) >= 11 is 0. The molecule has 4 aliphatic carbocycles. The number of Topliss-reactive ketones (excluding diaryl/α,β-unsaturated/α-hetero) is 2. The third kappa shape index (κ3) is 18.3. The van der Waals surface area contributed by atoms with Gasteiger partial charge in [0, 0.05) is 57.3 Å². The molecular weight excluding hydrogens is 1380 g/mol. The van der Waals surface area contributed by atoms with Crippen molar-refractivity contribution in [2.24, 2.45) is 34.3 Å². The maximum Gasteiger partial charge on any atom is 0.307 e. The summed E-state index contributed by atoms with van der Waals surface area (Å²) < 4.78 is 134. The highest BCUT2D eigenvalue weighted by Gasteiger charge is 2.66. The topological polar surface area (TPSA) is 324 Å². The van der Waals surface area contributed by atoms with Crippen molar-refractivity contribution in [2.75, 3.05) is 13.1 Å². The number of hydrogen-bond donors (Lipinski definition) is 3. The molecule has 0 bridgehead atoms. The zero-order chi connectivity index (χ0) is 69.8. The van der Waals surface area contributed by atoms with Crippen LogP contribution in [-0.2, 0) is 58.3 Å². The first-order valence-electron chi connectivity index (χ1n) is 34.0. The van der Waals surface area contributed by atoms with E-state index in [2.05, 4.69) is 29.4 Å². The minimum Gasteiger partial charge on any atom is -0.471 e. The lowest BCUT2D eigenvalue weighted by molar-refractivity contribution is -0.159. The maximum absolute atomic E-state index is 15.3. The minimum atomic E-state index is -4.02. The molecule has 6 heterocycles. The number of nitrogens with two attached hydrogens (primary N) is 1. The predicted molar refractivity (Wildman–Crippen MR) is 360 cm³/mol. The summed E-state index contributed by atoms with van der Waals surface area (Å²) in [5, 5.41) is -1.42. The van der Waals surface area contributed by atoms with Crippen LogP contribution >= 0.6 is 24.8 Å². The molecule has 0 unspecified atom stereocenters. The van der Waals surface area contributed by atoms with E-state index in [1.165, 1.54) is 9.80 Å². The Bertz CT molecular complexity index is 3980. The molecule has 4 saturated heterocycles. The van der Waals surface area contributed by atoms with Crippen LogP contribution in [-0.4, -0.2) is 159 Å². The van der Waals surface area contributed by atoms with Crippen LogP contribution in [0.15, 0.2) is 48.5 Å². The third-order valence-corrected chi connectivity index (χ3v) is 23.9. The van der Waals surface area contributed by atoms with Crippen molar-refractivity contribution in [3.63, 3.8) is 0 Å². The average molecular weight is 1470 g/mol. The Morgan fingerprint density at radius 1 is 0.576 bits per heavy atom. The van der Waals surface area contributed by atoms with Gasteiger partial charge in [0.15, 0.2) is 11.6 Å². The molecule has 544 valence electrons. The van der Waals surface area contributed by atoms with Crippen LogP contribution in [0.3, 0.4) is 0 Å². The van der Waals surface area contributed by atoms with Gasteiger partial charge in [-0.25, -0.2) is 54.3 Å². The summed E-state index contributed by atoms with van der Waals surface area (Å²) in [6, 6.07) is 11.4. The van der Waals surface area contributed by atoms with Crippen molar-refractivity contribution in [2.45, 2.75) is 241 Å². The molecule has 4 aliphatic heterocycles. The number of carbonyl (C=O) groups excluding carboxylic acids is 7. The molecule has 4 saturated carbocycles. The molecule has 4 N–H and O–H groups in total. The molecule has 4 amide bonds. The summed E-state index contributed by atoms with van der Waals surface area (Å²) in [5.74, 6) is -12.9. The first kappa shape index (κ1) is 76.7. The van der Waals surface area contributed by atoms with E-state index >= 15 is 17.6 Å². The monoisotopic (exact) mass is 1470 g/mol. The summed E-state index contributed by atoms with van der Waals surface area (Å²) in [7, 11) is -7.99. The van der Waals surface area contributed by atoms with Crippen LogP contribution in [0.4, 0.5) is 17.6 Å². The fourth-order valence-corrected chi connectivity index (χ4v) is 17.3. The highest BCUT2D eigenvalue weighted by molar-refractivity contribution is 7.91. The second kappa shape index (κ2) is 29.9. The molecule has 31 heteroatoms. The maximum atomic E-state index is 15.3. The van der Waals surface area contributed by atoms with Gasteiger partial charge in [-0.2, -0.15) is 0 Å². The molecule has 0 radical (unpaired) electrons. The van der Waals surface area contributed by atoms with Gasteiger partial charge in [-0.15, -0.1) is 24.8 Å². The molecule has 8 aliphatic rings. The van der Waals surface area contributed by atoms with Gasteiger partial charge in [0.2, 0.25) is 67.3 Å². The number of nitrogens with one attached hydrogen (secondary N) is 2. The standard InChI is InChI=1S/C37H48F2N4O8S.C31H39F2N5O6S.2ClH/c1-22-32(41-28-12-8-7-11-27(28)40-22)50-25-17-29-30(44)20-36(34(47)42-52(48,49)26-13-14-26)18-24(36)19-37(38,39)15-9-5-6-10-23(33(46)43(29)21-25)16-31(45)51-35(2,3)4;1-18-27(36-24-9-5-4-8-23(24)35-18)44-20-13-25-26(39)16-30(29(41)37-45(42,43)21-10-11-21)14-19(30)15-31(32,33)12-6-2-3-7-22(34)28(40)38(25)17-20;;/h7-8,11-12,23-26,29H,5-6,9-10,13-21H2,1-4H3,(H,42,47);4-5,8-9,19-22,25H,2-3,6-7,10-17,34H2,1H3,(H,37,41);2*1H/t23-,24+,25-,29+,36-;19-,20+,22-,25-,30+;;/m10../s1. The number of halogens is 6. The van der Waals surface area contributed by atoms with Gasteiger partial charge in [-0.05, 0) is 135 Å². The van der Waals surface area contributed by atoms with Gasteiger partial charge in [-0.1, -0.05) is 49.9 Å². The molecule has 23 nitrogen and oxygen atoms in total. The Kier molecular flexibility index (Phi) is 23.2. The Morgan fingerprint density at radius 3 is 1.37 bits per heavy atom. The van der Waals surface area contributed by atoms with E-state index in [0.717, 1.165) is 0 Å². The second-order valence-electron chi connectivity index (χ2n) is 29.3. The van der Waals surface area contributed by atoms with E-state index in [-0.39, 0.29) is 107 Å². The SMILES string of the molecule is Cc1nc2ccccc2nc1O[C@@H]1C[C@H]2C(=O)C[C@]3(C(=O)NS(=O)(=O)C4CC4)C[C@H]3CC(F)(F)CCCCC[C@H](CC(=O)OC(C)(C)C)C(=O)N2C1.Cc1nc2ccccc2nc1O[C@@H]1C[C@H]2C(=O)C[C@]3(C(=O)NS(=O)(=O)C4CC4)C[C@H]3CC(F)(F)CCCCC[C@H](N)C(=O)N2C1.Cl.Cl. The number of para-hydroxylation sites is 4. The van der Waals surface area contributed by atoms with Crippen LogP contribution in [0.5, 0.6) is 11.8 Å². The van der Waals surface area contributed by atoms with Crippen LogP contribution in [0.1, 0.15) is 180 Å². The first-order valence-corrected chi connectivity index (χ1v) is 37.0. The van der Waals surface area contributed by atoms with E-state index < -0.39 is 187 Å². The normalized spacial score (nSPS) is 29.1. The number of aryl methyl sites for hydroxylation is 2. The fourth-order valence-electron chi connectivity index (χ4n) is 14.5. The van der Waals surface area contributed by atoms with Crippen LogP contribution in [0.2, 0.25) is 0 Å². The summed E-state index contributed by atoms with van der Waals surface area (Å²) in [4.78, 5) is 118. The highest BCUT2D eigenvalue weighted by Crippen LogP contribution is 2.62. The molecule has 0 spiro atoms. The number of hydrogen-bond acceptors (Lipinski definition) is 19. The zero-order valence-corrected chi connectivity index (χ0v) is 59.5. The zero-order valence-electron chi connectivity index (χ0n) is 56.2. The number of esters is 1. The molecular formula is C68H89Cl2F4N9O14S2. The number of carbonyl (C=O) groups is 7. The van der Waals surface area contributed by atoms with Crippen molar-refractivity contribution >= 4 is 108 Å². The lowest BCUT2D eigenvalue weighted by Crippen LogP contribution is -2.49. The van der Waals surface area contributed by atoms with E-state index in [4.69, 9.17) is 19.9 Å². The van der Waals surface area contributed by atoms with Gasteiger partial charge >= 0.3 is 5.97 Å². The number of fused-ring (bicyclic) bond motifs is 6. The van der Waals surface area contributed by atoms with Gasteiger partial charge < -0.3 is 29.7 Å². The average Bonchev–Trinajstić information content (AvgIpc) is 1.57. The van der Waals surface area contributed by atoms with E-state index in [1.807, 2.05) is 36.4 Å². The minimum absolute atomic E-state index is 0. The quantitative estimate of drug-likeness (QED) is 0.0878. The summed E-state index contributed by atoms with van der Waals surface area (Å²) in [6.45, 7) is 8.62. The second-order valence-corrected chi connectivity index (χ2v) is 33.3. The Hall–Kier alpha value is -6.43.